The molecule has 0 aromatic heterocycles. The van der Waals surface area contributed by atoms with Gasteiger partial charge in [0.25, 0.3) is 0 Å². The molecule has 0 saturated heterocycles. The number of nitrogens with one attached hydrogen (secondary N) is 1. The van der Waals surface area contributed by atoms with Crippen molar-refractivity contribution in [2.45, 2.75) is 65.0 Å². The summed E-state index contributed by atoms with van der Waals surface area (Å²) >= 11 is 0. The summed E-state index contributed by atoms with van der Waals surface area (Å²) in [5.41, 5.74) is 1.57. The molecule has 1 aliphatic rings. The number of likely N-dealkylation sites (N-methyl/N-ethyl adjacent to an activating group) is 1. The molecule has 0 bridgehead atoms. The van der Waals surface area contributed by atoms with Crippen LogP contribution in [0.3, 0.4) is 0 Å². The lowest BCUT2D eigenvalue weighted by molar-refractivity contribution is 0.0425. The number of methoxy groups -OCH3 is 1. The minimum atomic E-state index is 0.291. The van der Waals surface area contributed by atoms with Gasteiger partial charge in [0.05, 0.1) is 12.1 Å². The summed E-state index contributed by atoms with van der Waals surface area (Å²) < 4.78 is 5.72. The smallest absolute Gasteiger partial charge is 0.0785 e. The summed E-state index contributed by atoms with van der Waals surface area (Å²) in [5.74, 6) is 0.549. The maximum absolute atomic E-state index is 5.72. The standard InChI is InChI=1S/C15H29NO/c1-5-16-14(15(17-4)12(2)3)13-10-8-6-7-9-11-13/h10,12,14-16H,5-9,11H2,1-4H3. The van der Waals surface area contributed by atoms with Crippen molar-refractivity contribution in [1.82, 2.24) is 5.32 Å². The Morgan fingerprint density at radius 3 is 2.65 bits per heavy atom. The molecule has 0 aromatic carbocycles. The molecule has 2 nitrogen and oxygen atoms in total. The summed E-state index contributed by atoms with van der Waals surface area (Å²) in [7, 11) is 1.84. The fourth-order valence-electron chi connectivity index (χ4n) is 2.79. The van der Waals surface area contributed by atoms with Crippen molar-refractivity contribution in [3.05, 3.63) is 11.6 Å². The van der Waals surface area contributed by atoms with E-state index < -0.39 is 0 Å². The average Bonchev–Trinajstić information content (AvgIpc) is 2.57. The molecule has 2 heteroatoms. The monoisotopic (exact) mass is 239 g/mol. The second-order valence-electron chi connectivity index (χ2n) is 5.36. The summed E-state index contributed by atoms with van der Waals surface area (Å²) in [6.45, 7) is 7.68. The molecular formula is C15H29NO. The van der Waals surface area contributed by atoms with Crippen LogP contribution in [-0.2, 0) is 4.74 Å². The van der Waals surface area contributed by atoms with Gasteiger partial charge in [0.1, 0.15) is 0 Å². The van der Waals surface area contributed by atoms with Crippen LogP contribution in [0.2, 0.25) is 0 Å². The van der Waals surface area contributed by atoms with Crippen LogP contribution in [0.4, 0.5) is 0 Å². The van der Waals surface area contributed by atoms with E-state index >= 15 is 0 Å². The van der Waals surface area contributed by atoms with Crippen LogP contribution in [0.5, 0.6) is 0 Å². The molecular weight excluding hydrogens is 210 g/mol. The normalized spacial score (nSPS) is 20.9. The van der Waals surface area contributed by atoms with Gasteiger partial charge < -0.3 is 10.1 Å². The van der Waals surface area contributed by atoms with Gasteiger partial charge in [-0.3, -0.25) is 0 Å². The van der Waals surface area contributed by atoms with Crippen LogP contribution in [0.15, 0.2) is 11.6 Å². The number of allylic oxidation sites excluding steroid dienone is 1. The van der Waals surface area contributed by atoms with Crippen molar-refractivity contribution in [2.75, 3.05) is 13.7 Å². The Morgan fingerprint density at radius 2 is 2.06 bits per heavy atom. The first kappa shape index (κ1) is 14.7. The van der Waals surface area contributed by atoms with Crippen LogP contribution in [0.1, 0.15) is 52.9 Å². The van der Waals surface area contributed by atoms with Gasteiger partial charge in [-0.05, 0) is 38.1 Å². The van der Waals surface area contributed by atoms with Gasteiger partial charge in [-0.1, -0.05) is 38.8 Å². The Bertz CT molecular complexity index is 235. The van der Waals surface area contributed by atoms with Gasteiger partial charge in [-0.2, -0.15) is 0 Å². The molecule has 2 unspecified atom stereocenters. The zero-order valence-corrected chi connectivity index (χ0v) is 12.0. The van der Waals surface area contributed by atoms with Crippen molar-refractivity contribution in [3.63, 3.8) is 0 Å². The number of ether oxygens (including phenoxy) is 1. The number of hydrogen-bond donors (Lipinski definition) is 1. The SMILES string of the molecule is CCNC(C1=CCCCCC1)C(OC)C(C)C. The summed E-state index contributed by atoms with van der Waals surface area (Å²) in [6, 6.07) is 0.406. The molecule has 1 N–H and O–H groups in total. The van der Waals surface area contributed by atoms with Gasteiger partial charge in [0.2, 0.25) is 0 Å². The van der Waals surface area contributed by atoms with Crippen LogP contribution in [-0.4, -0.2) is 25.8 Å². The molecule has 1 aliphatic carbocycles. The van der Waals surface area contributed by atoms with Crippen LogP contribution < -0.4 is 5.32 Å². The van der Waals surface area contributed by atoms with E-state index in [0.29, 0.717) is 18.1 Å². The zero-order valence-electron chi connectivity index (χ0n) is 12.0. The highest BCUT2D eigenvalue weighted by Gasteiger charge is 2.26. The molecule has 0 aromatic rings. The van der Waals surface area contributed by atoms with Gasteiger partial charge in [0, 0.05) is 7.11 Å². The predicted molar refractivity (Wildman–Crippen MR) is 74.3 cm³/mol. The molecule has 2 atom stereocenters. The second-order valence-corrected chi connectivity index (χ2v) is 5.36. The molecule has 0 amide bonds. The number of hydrogen-bond acceptors (Lipinski definition) is 2. The second kappa shape index (κ2) is 7.88. The van der Waals surface area contributed by atoms with E-state index in [1.165, 1.54) is 32.1 Å². The van der Waals surface area contributed by atoms with Gasteiger partial charge in [-0.25, -0.2) is 0 Å². The predicted octanol–water partition coefficient (Wildman–Crippen LogP) is 3.53. The molecule has 0 radical (unpaired) electrons. The fraction of sp³-hybridized carbons (Fsp3) is 0.867. The van der Waals surface area contributed by atoms with Crippen molar-refractivity contribution in [2.24, 2.45) is 5.92 Å². The third-order valence-electron chi connectivity index (χ3n) is 3.66. The Hall–Kier alpha value is -0.340. The van der Waals surface area contributed by atoms with Crippen molar-refractivity contribution < 1.29 is 4.74 Å². The third-order valence-corrected chi connectivity index (χ3v) is 3.66. The molecule has 17 heavy (non-hydrogen) atoms. The van der Waals surface area contributed by atoms with E-state index in [0.717, 1.165) is 6.54 Å². The van der Waals surface area contributed by atoms with E-state index in [-0.39, 0.29) is 0 Å². The minimum absolute atomic E-state index is 0.291. The van der Waals surface area contributed by atoms with Gasteiger partial charge in [-0.15, -0.1) is 0 Å². The van der Waals surface area contributed by atoms with E-state index in [9.17, 15) is 0 Å². The average molecular weight is 239 g/mol. The molecule has 100 valence electrons. The highest BCUT2D eigenvalue weighted by molar-refractivity contribution is 5.15. The van der Waals surface area contributed by atoms with Crippen molar-refractivity contribution in [3.8, 4) is 0 Å². The first-order chi connectivity index (χ1) is 8.20. The fourth-order valence-corrected chi connectivity index (χ4v) is 2.79. The quantitative estimate of drug-likeness (QED) is 0.716. The highest BCUT2D eigenvalue weighted by Crippen LogP contribution is 2.25. The van der Waals surface area contributed by atoms with Crippen LogP contribution >= 0.6 is 0 Å². The minimum Gasteiger partial charge on any atom is -0.379 e. The zero-order chi connectivity index (χ0) is 12.7. The number of rotatable bonds is 6. The Balaban J connectivity index is 2.77. The molecule has 1 rings (SSSR count). The molecule has 0 saturated carbocycles. The van der Waals surface area contributed by atoms with Gasteiger partial charge >= 0.3 is 0 Å². The van der Waals surface area contributed by atoms with Crippen molar-refractivity contribution in [1.29, 1.82) is 0 Å². The maximum Gasteiger partial charge on any atom is 0.0785 e. The Kier molecular flexibility index (Phi) is 6.83. The molecule has 0 heterocycles. The van der Waals surface area contributed by atoms with E-state index in [1.807, 2.05) is 7.11 Å². The van der Waals surface area contributed by atoms with E-state index in [2.05, 4.69) is 32.2 Å². The van der Waals surface area contributed by atoms with Crippen LogP contribution in [0.25, 0.3) is 0 Å². The van der Waals surface area contributed by atoms with Crippen molar-refractivity contribution >= 4 is 0 Å². The highest BCUT2D eigenvalue weighted by atomic mass is 16.5. The lowest BCUT2D eigenvalue weighted by Crippen LogP contribution is -2.45. The maximum atomic E-state index is 5.72. The largest absolute Gasteiger partial charge is 0.379 e. The first-order valence-electron chi connectivity index (χ1n) is 7.15. The summed E-state index contributed by atoms with van der Waals surface area (Å²) in [5, 5.41) is 3.62. The lowest BCUT2D eigenvalue weighted by atomic mass is 9.90. The molecule has 0 fully saturated rings. The topological polar surface area (TPSA) is 21.3 Å². The lowest BCUT2D eigenvalue weighted by Gasteiger charge is -2.31. The van der Waals surface area contributed by atoms with Gasteiger partial charge in [0.15, 0.2) is 0 Å². The third kappa shape index (κ3) is 4.44. The molecule has 0 aliphatic heterocycles. The van der Waals surface area contributed by atoms with Crippen LogP contribution in [0, 0.1) is 5.92 Å². The Morgan fingerprint density at radius 1 is 1.29 bits per heavy atom. The Labute approximate surface area is 107 Å². The first-order valence-corrected chi connectivity index (χ1v) is 7.15. The molecule has 0 spiro atoms. The van der Waals surface area contributed by atoms with E-state index in [4.69, 9.17) is 4.74 Å². The van der Waals surface area contributed by atoms with E-state index in [1.54, 1.807) is 5.57 Å². The summed E-state index contributed by atoms with van der Waals surface area (Å²) in [4.78, 5) is 0. The summed E-state index contributed by atoms with van der Waals surface area (Å²) in [6.07, 6.45) is 9.28.